The Labute approximate surface area is 182 Å². The third kappa shape index (κ3) is 6.12. The van der Waals surface area contributed by atoms with E-state index < -0.39 is 0 Å². The lowest BCUT2D eigenvalue weighted by Crippen LogP contribution is -2.51. The fraction of sp³-hybridized carbons (Fsp3) is 0.611. The molecule has 2 aliphatic heterocycles. The average Bonchev–Trinajstić information content (AvgIpc) is 3.06. The topological polar surface area (TPSA) is 48.9 Å². The molecule has 0 aliphatic carbocycles. The van der Waals surface area contributed by atoms with Crippen LogP contribution in [-0.4, -0.2) is 55.8 Å². The van der Waals surface area contributed by atoms with E-state index in [0.717, 1.165) is 37.8 Å². The molecule has 2 saturated heterocycles. The van der Waals surface area contributed by atoms with Crippen LogP contribution in [0.15, 0.2) is 23.2 Å². The van der Waals surface area contributed by atoms with Gasteiger partial charge in [-0.15, -0.1) is 24.0 Å². The van der Waals surface area contributed by atoms with E-state index in [2.05, 4.69) is 27.4 Å². The number of guanidine groups is 1. The summed E-state index contributed by atoms with van der Waals surface area (Å²) in [4.78, 5) is 7.17. The molecule has 3 rings (SSSR count). The first kappa shape index (κ1) is 22.0. The lowest BCUT2D eigenvalue weighted by molar-refractivity contribution is -0.0453. The minimum Gasteiger partial charge on any atom is -0.373 e. The van der Waals surface area contributed by atoms with Crippen molar-refractivity contribution in [2.45, 2.75) is 38.5 Å². The monoisotopic (exact) mass is 512 g/mol. The summed E-state index contributed by atoms with van der Waals surface area (Å²) in [6.45, 7) is 7.17. The minimum absolute atomic E-state index is 0. The zero-order chi connectivity index (χ0) is 17.6. The summed E-state index contributed by atoms with van der Waals surface area (Å²) >= 11 is 12.2. The first-order valence-corrected chi connectivity index (χ1v) is 9.73. The van der Waals surface area contributed by atoms with Crippen LogP contribution in [0.25, 0.3) is 0 Å². The number of aliphatic imine (C=N–C) groups is 1. The second-order valence-electron chi connectivity index (χ2n) is 6.56. The zero-order valence-electron chi connectivity index (χ0n) is 15.0. The molecule has 1 aromatic rings. The van der Waals surface area contributed by atoms with Crippen LogP contribution in [0.2, 0.25) is 10.0 Å². The Kier molecular flexibility index (Phi) is 9.23. The molecular weight excluding hydrogens is 486 g/mol. The molecule has 1 aromatic carbocycles. The molecule has 2 fully saturated rings. The third-order valence-electron chi connectivity index (χ3n) is 4.73. The Morgan fingerprint density at radius 2 is 2.19 bits per heavy atom. The standard InChI is InChI=1S/C18H26Cl2N4O.HI/c1-2-21-18(22-9-13-5-6-14(19)8-17(13)20)23-10-16-11-24-7-3-4-15(24)12-25-16;/h5-6,8,15-16H,2-4,7,9-12H2,1H3,(H2,21,22,23);1H. The van der Waals surface area contributed by atoms with Crippen molar-refractivity contribution in [3.63, 3.8) is 0 Å². The van der Waals surface area contributed by atoms with Gasteiger partial charge >= 0.3 is 0 Å². The van der Waals surface area contributed by atoms with Gasteiger partial charge in [0.1, 0.15) is 0 Å². The summed E-state index contributed by atoms with van der Waals surface area (Å²) in [5.41, 5.74) is 0.956. The van der Waals surface area contributed by atoms with Gasteiger partial charge in [0, 0.05) is 35.7 Å². The molecule has 8 heteroatoms. The fourth-order valence-corrected chi connectivity index (χ4v) is 3.84. The Hall–Kier alpha value is -0.280. The highest BCUT2D eigenvalue weighted by atomic mass is 127. The fourth-order valence-electron chi connectivity index (χ4n) is 3.38. The van der Waals surface area contributed by atoms with Gasteiger partial charge < -0.3 is 15.4 Å². The molecular formula is C18H27Cl2IN4O. The first-order chi connectivity index (χ1) is 12.2. The van der Waals surface area contributed by atoms with Gasteiger partial charge in [-0.2, -0.15) is 0 Å². The number of halogens is 3. The van der Waals surface area contributed by atoms with E-state index in [9.17, 15) is 0 Å². The number of hydrogen-bond donors (Lipinski definition) is 2. The molecule has 0 saturated carbocycles. The highest BCUT2D eigenvalue weighted by Crippen LogP contribution is 2.23. The predicted octanol–water partition coefficient (Wildman–Crippen LogP) is 3.53. The van der Waals surface area contributed by atoms with Gasteiger partial charge in [-0.25, -0.2) is 4.99 Å². The van der Waals surface area contributed by atoms with Crippen LogP contribution in [0.3, 0.4) is 0 Å². The Bertz CT molecular complexity index is 617. The van der Waals surface area contributed by atoms with Gasteiger partial charge in [-0.3, -0.25) is 4.90 Å². The van der Waals surface area contributed by atoms with E-state index in [1.807, 2.05) is 12.1 Å². The molecule has 2 atom stereocenters. The van der Waals surface area contributed by atoms with E-state index >= 15 is 0 Å². The molecule has 0 aromatic heterocycles. The molecule has 0 radical (unpaired) electrons. The van der Waals surface area contributed by atoms with Crippen molar-refractivity contribution in [1.29, 1.82) is 0 Å². The maximum Gasteiger partial charge on any atom is 0.191 e. The molecule has 2 aliphatic rings. The van der Waals surface area contributed by atoms with Gasteiger partial charge in [-0.05, 0) is 44.0 Å². The molecule has 2 heterocycles. The number of benzene rings is 1. The second kappa shape index (κ2) is 10.9. The molecule has 0 amide bonds. The van der Waals surface area contributed by atoms with Crippen LogP contribution < -0.4 is 10.6 Å². The Morgan fingerprint density at radius 3 is 2.96 bits per heavy atom. The average molecular weight is 513 g/mol. The lowest BCUT2D eigenvalue weighted by Gasteiger charge is -2.35. The smallest absolute Gasteiger partial charge is 0.191 e. The third-order valence-corrected chi connectivity index (χ3v) is 5.31. The molecule has 2 unspecified atom stereocenters. The number of nitrogens with zero attached hydrogens (tertiary/aromatic N) is 2. The quantitative estimate of drug-likeness (QED) is 0.360. The highest BCUT2D eigenvalue weighted by molar-refractivity contribution is 14.0. The molecule has 2 N–H and O–H groups in total. The summed E-state index contributed by atoms with van der Waals surface area (Å²) in [5, 5.41) is 7.94. The molecule has 146 valence electrons. The summed E-state index contributed by atoms with van der Waals surface area (Å²) in [6, 6.07) is 6.12. The lowest BCUT2D eigenvalue weighted by atomic mass is 10.2. The minimum atomic E-state index is 0. The van der Waals surface area contributed by atoms with Crippen molar-refractivity contribution in [2.24, 2.45) is 4.99 Å². The largest absolute Gasteiger partial charge is 0.373 e. The SMILES string of the molecule is CCNC(=NCc1ccc(Cl)cc1Cl)NCC1CN2CCCC2CO1.I. The highest BCUT2D eigenvalue weighted by Gasteiger charge is 2.32. The summed E-state index contributed by atoms with van der Waals surface area (Å²) in [5.74, 6) is 0.778. The van der Waals surface area contributed by atoms with Crippen LogP contribution in [0.5, 0.6) is 0 Å². The molecule has 5 nitrogen and oxygen atoms in total. The normalized spacial score (nSPS) is 23.3. The van der Waals surface area contributed by atoms with Gasteiger partial charge in [0.05, 0.1) is 19.3 Å². The van der Waals surface area contributed by atoms with E-state index in [0.29, 0.717) is 22.6 Å². The maximum atomic E-state index is 6.22. The van der Waals surface area contributed by atoms with Crippen molar-refractivity contribution in [2.75, 3.05) is 32.8 Å². The number of nitrogens with one attached hydrogen (secondary N) is 2. The van der Waals surface area contributed by atoms with Crippen LogP contribution in [-0.2, 0) is 11.3 Å². The number of ether oxygens (including phenoxy) is 1. The van der Waals surface area contributed by atoms with Gasteiger partial charge in [-0.1, -0.05) is 29.3 Å². The summed E-state index contributed by atoms with van der Waals surface area (Å²) in [6.07, 6.45) is 2.77. The van der Waals surface area contributed by atoms with Crippen LogP contribution in [0, 0.1) is 0 Å². The van der Waals surface area contributed by atoms with E-state index in [-0.39, 0.29) is 30.1 Å². The van der Waals surface area contributed by atoms with E-state index in [1.165, 1.54) is 19.4 Å². The van der Waals surface area contributed by atoms with Gasteiger partial charge in [0.2, 0.25) is 0 Å². The van der Waals surface area contributed by atoms with E-state index in [4.69, 9.17) is 27.9 Å². The van der Waals surface area contributed by atoms with Crippen molar-refractivity contribution in [1.82, 2.24) is 15.5 Å². The van der Waals surface area contributed by atoms with Crippen molar-refractivity contribution < 1.29 is 4.74 Å². The predicted molar refractivity (Wildman–Crippen MR) is 119 cm³/mol. The van der Waals surface area contributed by atoms with Crippen LogP contribution >= 0.6 is 47.2 Å². The molecule has 26 heavy (non-hydrogen) atoms. The number of morpholine rings is 1. The maximum absolute atomic E-state index is 6.22. The second-order valence-corrected chi connectivity index (χ2v) is 7.40. The van der Waals surface area contributed by atoms with Crippen molar-refractivity contribution in [3.05, 3.63) is 33.8 Å². The first-order valence-electron chi connectivity index (χ1n) is 8.97. The molecule has 0 spiro atoms. The van der Waals surface area contributed by atoms with Crippen LogP contribution in [0.4, 0.5) is 0 Å². The summed E-state index contributed by atoms with van der Waals surface area (Å²) in [7, 11) is 0. The van der Waals surface area contributed by atoms with Crippen LogP contribution in [0.1, 0.15) is 25.3 Å². The van der Waals surface area contributed by atoms with E-state index in [1.54, 1.807) is 6.07 Å². The van der Waals surface area contributed by atoms with Gasteiger partial charge in [0.15, 0.2) is 5.96 Å². The van der Waals surface area contributed by atoms with Crippen molar-refractivity contribution in [3.8, 4) is 0 Å². The molecule has 0 bridgehead atoms. The van der Waals surface area contributed by atoms with Crippen molar-refractivity contribution >= 4 is 53.1 Å². The zero-order valence-corrected chi connectivity index (χ0v) is 18.9. The number of hydrogen-bond acceptors (Lipinski definition) is 3. The number of rotatable bonds is 5. The number of fused-ring (bicyclic) bond motifs is 1. The van der Waals surface area contributed by atoms with Gasteiger partial charge in [0.25, 0.3) is 0 Å². The Morgan fingerprint density at radius 1 is 1.35 bits per heavy atom. The summed E-state index contributed by atoms with van der Waals surface area (Å²) < 4.78 is 5.99. The Balaban J connectivity index is 0.00000243.